The largest absolute Gasteiger partial charge is 0.461 e. The van der Waals surface area contributed by atoms with Crippen LogP contribution in [0.25, 0.3) is 32.1 Å². The van der Waals surface area contributed by atoms with Crippen molar-refractivity contribution in [2.45, 2.75) is 68.4 Å². The first-order valence-electron chi connectivity index (χ1n) is 18.1. The lowest BCUT2D eigenvalue weighted by atomic mass is 9.95. The predicted molar refractivity (Wildman–Crippen MR) is 192 cm³/mol. The summed E-state index contributed by atoms with van der Waals surface area (Å²) in [6.07, 6.45) is 4.32. The number of ether oxygens (including phenoxy) is 1. The van der Waals surface area contributed by atoms with Gasteiger partial charge in [-0.1, -0.05) is 17.7 Å². The maximum atomic E-state index is 17.2. The minimum Gasteiger partial charge on any atom is -0.461 e. The number of anilines is 2. The van der Waals surface area contributed by atoms with E-state index < -0.39 is 23.3 Å². The van der Waals surface area contributed by atoms with E-state index in [1.165, 1.54) is 25.0 Å². The predicted octanol–water partition coefficient (Wildman–Crippen LogP) is 5.64. The van der Waals surface area contributed by atoms with E-state index in [0.717, 1.165) is 37.1 Å². The highest BCUT2D eigenvalue weighted by atomic mass is 35.5. The molecule has 1 saturated carbocycles. The minimum atomic E-state index is -0.948. The zero-order valence-corrected chi connectivity index (χ0v) is 29.8. The molecule has 52 heavy (non-hydrogen) atoms. The molecule has 6 aliphatic rings. The molecule has 5 saturated heterocycles. The fraction of sp³-hybridized carbons (Fsp3) is 0.514. The van der Waals surface area contributed by atoms with Crippen molar-refractivity contribution in [3.63, 3.8) is 0 Å². The highest BCUT2D eigenvalue weighted by molar-refractivity contribution is 7.23. The number of alkyl halides is 1. The van der Waals surface area contributed by atoms with Crippen molar-refractivity contribution in [2.75, 3.05) is 50.0 Å². The third-order valence-electron chi connectivity index (χ3n) is 12.4. The number of hydrogen-bond acceptors (Lipinski definition) is 10. The molecule has 7 heterocycles. The summed E-state index contributed by atoms with van der Waals surface area (Å²) in [5.41, 5.74) is 5.80. The summed E-state index contributed by atoms with van der Waals surface area (Å²) in [6.45, 7) is 3.11. The molecule has 2 unspecified atom stereocenters. The fourth-order valence-corrected chi connectivity index (χ4v) is 10.9. The van der Waals surface area contributed by atoms with Crippen LogP contribution in [0.5, 0.6) is 6.01 Å². The summed E-state index contributed by atoms with van der Waals surface area (Å²) >= 11 is 7.84. The molecule has 2 aromatic heterocycles. The topological polar surface area (TPSA) is 134 Å². The molecule has 4 aromatic rings. The highest BCUT2D eigenvalue weighted by Gasteiger charge is 2.55. The minimum absolute atomic E-state index is 0.0180. The molecule has 0 spiro atoms. The number of thiophene rings is 1. The van der Waals surface area contributed by atoms with Gasteiger partial charge in [-0.3, -0.25) is 15.0 Å². The number of hydrogen-bond donors (Lipinski definition) is 2. The van der Waals surface area contributed by atoms with Crippen LogP contribution in [-0.2, 0) is 4.79 Å². The van der Waals surface area contributed by atoms with Crippen molar-refractivity contribution < 1.29 is 22.7 Å². The Morgan fingerprint density at radius 3 is 2.83 bits per heavy atom. The van der Waals surface area contributed by atoms with Crippen molar-refractivity contribution in [3.8, 4) is 23.2 Å². The van der Waals surface area contributed by atoms with Crippen LogP contribution in [0.3, 0.4) is 0 Å². The van der Waals surface area contributed by atoms with Crippen molar-refractivity contribution in [1.29, 1.82) is 5.26 Å². The third-order valence-corrected chi connectivity index (χ3v) is 13.7. The fourth-order valence-electron chi connectivity index (χ4n) is 9.70. The van der Waals surface area contributed by atoms with Crippen LogP contribution >= 0.6 is 22.9 Å². The standard InChI is InChI=1S/C37H36ClF3N8O2S/c38-23-10-21-30(28(41)27(23)20-4-5-24(40)32-26(20)22(12-42)33(43)52-32)45-36(51-16-37-7-1-8-48(37)14-19(39)11-37)46-34(21)47-13-18-6-9-49(25(18)15-47)35(50)31-29(44-31)17-2-3-17/h4-5,10,17-19,25,29,31,44H,1-3,6-9,11,13-16,43H2/t18?,19-,25?,29+,31-,37+/m1/s1. The van der Waals surface area contributed by atoms with E-state index in [4.69, 9.17) is 27.1 Å². The van der Waals surface area contributed by atoms with Crippen molar-refractivity contribution >= 4 is 60.7 Å². The van der Waals surface area contributed by atoms with Gasteiger partial charge in [0.05, 0.1) is 26.9 Å². The number of nitriles is 1. The maximum absolute atomic E-state index is 17.2. The van der Waals surface area contributed by atoms with Gasteiger partial charge < -0.3 is 20.3 Å². The second-order valence-electron chi connectivity index (χ2n) is 15.4. The van der Waals surface area contributed by atoms with Gasteiger partial charge in [0.25, 0.3) is 0 Å². The number of fused-ring (bicyclic) bond motifs is 4. The number of nitrogens with one attached hydrogen (secondary N) is 1. The van der Waals surface area contributed by atoms with Gasteiger partial charge in [-0.15, -0.1) is 11.3 Å². The number of nitrogen functional groups attached to an aromatic ring is 1. The van der Waals surface area contributed by atoms with Crippen molar-refractivity contribution in [1.82, 2.24) is 25.1 Å². The molecular weight excluding hydrogens is 713 g/mol. The Bertz CT molecular complexity index is 2230. The van der Waals surface area contributed by atoms with Gasteiger partial charge in [0, 0.05) is 60.9 Å². The molecule has 5 aliphatic heterocycles. The Kier molecular flexibility index (Phi) is 7.43. The Morgan fingerprint density at radius 2 is 2.02 bits per heavy atom. The van der Waals surface area contributed by atoms with Crippen LogP contribution in [0.4, 0.5) is 24.0 Å². The molecule has 6 atom stereocenters. The third kappa shape index (κ3) is 4.99. The Labute approximate surface area is 306 Å². The number of amides is 1. The quantitative estimate of drug-likeness (QED) is 0.231. The first kappa shape index (κ1) is 32.7. The molecule has 0 radical (unpaired) electrons. The molecule has 270 valence electrons. The average Bonchev–Trinajstić information content (AvgIpc) is 3.90. The summed E-state index contributed by atoms with van der Waals surface area (Å²) < 4.78 is 53.2. The number of rotatable bonds is 7. The molecule has 6 fully saturated rings. The molecule has 2 aromatic carbocycles. The first-order valence-corrected chi connectivity index (χ1v) is 19.3. The van der Waals surface area contributed by atoms with Crippen LogP contribution in [0.1, 0.15) is 44.1 Å². The normalized spacial score (nSPS) is 29.6. The molecular formula is C37H36ClF3N8O2S. The lowest BCUT2D eigenvalue weighted by molar-refractivity contribution is -0.131. The number of nitrogens with two attached hydrogens (primary N) is 1. The number of nitrogens with zero attached hydrogens (tertiary/aromatic N) is 6. The van der Waals surface area contributed by atoms with Crippen LogP contribution in [0, 0.1) is 34.8 Å². The van der Waals surface area contributed by atoms with Gasteiger partial charge in [0.15, 0.2) is 5.82 Å². The van der Waals surface area contributed by atoms with Crippen LogP contribution < -0.4 is 20.7 Å². The van der Waals surface area contributed by atoms with E-state index in [-0.39, 0.29) is 84.9 Å². The van der Waals surface area contributed by atoms with Crippen LogP contribution in [0.2, 0.25) is 5.02 Å². The average molecular weight is 749 g/mol. The first-order chi connectivity index (χ1) is 25.1. The van der Waals surface area contributed by atoms with E-state index in [0.29, 0.717) is 49.7 Å². The Hall–Kier alpha value is -3.90. The molecule has 1 aliphatic carbocycles. The molecule has 10 nitrogen and oxygen atoms in total. The highest BCUT2D eigenvalue weighted by Crippen LogP contribution is 2.47. The lowest BCUT2D eigenvalue weighted by Crippen LogP contribution is -2.43. The summed E-state index contributed by atoms with van der Waals surface area (Å²) in [5, 5.41) is 14.0. The molecule has 15 heteroatoms. The number of aromatic nitrogens is 2. The van der Waals surface area contributed by atoms with E-state index in [1.807, 2.05) is 11.0 Å². The summed E-state index contributed by atoms with van der Waals surface area (Å²) in [5.74, 6) is 0.0547. The summed E-state index contributed by atoms with van der Waals surface area (Å²) in [4.78, 5) is 29.3. The SMILES string of the molecule is N#Cc1c(N)sc2c(F)ccc(-c3c(Cl)cc4c(N5CC6CCN(C(=O)[C@@H]7N[C@H]7C7CC7)C6C5)nc(OC[C@@]56CCCN5C[C@H](F)C6)nc4c3F)c12. The zero-order valence-electron chi connectivity index (χ0n) is 28.2. The van der Waals surface area contributed by atoms with E-state index in [1.54, 1.807) is 6.07 Å². The maximum Gasteiger partial charge on any atom is 0.319 e. The van der Waals surface area contributed by atoms with Gasteiger partial charge in [-0.25, -0.2) is 13.2 Å². The van der Waals surface area contributed by atoms with Gasteiger partial charge in [-0.05, 0) is 62.3 Å². The number of halogens is 4. The van der Waals surface area contributed by atoms with E-state index >= 15 is 4.39 Å². The second kappa shape index (κ2) is 11.8. The van der Waals surface area contributed by atoms with Gasteiger partial charge in [0.2, 0.25) is 5.91 Å². The van der Waals surface area contributed by atoms with E-state index in [9.17, 15) is 18.8 Å². The number of carbonyl (C=O) groups is 1. The van der Waals surface area contributed by atoms with Gasteiger partial charge >= 0.3 is 6.01 Å². The molecule has 0 bridgehead atoms. The Balaban J connectivity index is 1.06. The van der Waals surface area contributed by atoms with Crippen LogP contribution in [-0.4, -0.2) is 94.8 Å². The van der Waals surface area contributed by atoms with Crippen molar-refractivity contribution in [2.24, 2.45) is 11.8 Å². The number of likely N-dealkylation sites (tertiary alicyclic amines) is 1. The zero-order chi connectivity index (χ0) is 35.6. The Morgan fingerprint density at radius 1 is 1.17 bits per heavy atom. The van der Waals surface area contributed by atoms with Gasteiger partial charge in [0.1, 0.15) is 47.0 Å². The number of carbonyl (C=O) groups excluding carboxylic acids is 1. The molecule has 3 N–H and O–H groups in total. The monoisotopic (exact) mass is 748 g/mol. The smallest absolute Gasteiger partial charge is 0.319 e. The summed E-state index contributed by atoms with van der Waals surface area (Å²) in [6, 6.07) is 6.37. The summed E-state index contributed by atoms with van der Waals surface area (Å²) in [7, 11) is 0. The lowest BCUT2D eigenvalue weighted by Gasteiger charge is -2.31. The molecule has 1 amide bonds. The van der Waals surface area contributed by atoms with Crippen LogP contribution in [0.15, 0.2) is 18.2 Å². The number of benzene rings is 2. The second-order valence-corrected chi connectivity index (χ2v) is 16.9. The van der Waals surface area contributed by atoms with E-state index in [2.05, 4.69) is 20.1 Å². The van der Waals surface area contributed by atoms with Crippen molar-refractivity contribution in [3.05, 3.63) is 40.4 Å². The van der Waals surface area contributed by atoms with Gasteiger partial charge in [-0.2, -0.15) is 15.2 Å². The molecule has 10 rings (SSSR count).